The van der Waals surface area contributed by atoms with Crippen molar-refractivity contribution in [2.45, 2.75) is 37.9 Å². The van der Waals surface area contributed by atoms with E-state index in [1.54, 1.807) is 6.33 Å². The van der Waals surface area contributed by atoms with E-state index in [9.17, 15) is 5.11 Å². The summed E-state index contributed by atoms with van der Waals surface area (Å²) in [4.78, 5) is 10.8. The highest BCUT2D eigenvalue weighted by Gasteiger charge is 2.22. The Balaban J connectivity index is 1.77. The second-order valence-electron chi connectivity index (χ2n) is 5.04. The molecule has 3 heterocycles. The molecule has 2 saturated heterocycles. The summed E-state index contributed by atoms with van der Waals surface area (Å²) in [7, 11) is 0. The van der Waals surface area contributed by atoms with Gasteiger partial charge in [-0.3, -0.25) is 0 Å². The topological polar surface area (TPSA) is 58.5 Å². The highest BCUT2D eigenvalue weighted by atomic mass is 16.5. The minimum atomic E-state index is -0.236. The Hall–Kier alpha value is -1.20. The molecule has 0 aromatic carbocycles. The van der Waals surface area contributed by atoms with Gasteiger partial charge >= 0.3 is 0 Å². The van der Waals surface area contributed by atoms with E-state index >= 15 is 0 Å². The molecule has 2 unspecified atom stereocenters. The number of anilines is 1. The third-order valence-corrected chi connectivity index (χ3v) is 3.65. The summed E-state index contributed by atoms with van der Waals surface area (Å²) in [5.41, 5.74) is 0.970. The van der Waals surface area contributed by atoms with E-state index in [1.807, 2.05) is 6.07 Å². The third kappa shape index (κ3) is 2.47. The third-order valence-electron chi connectivity index (χ3n) is 3.65. The van der Waals surface area contributed by atoms with Crippen LogP contribution >= 0.6 is 0 Å². The first-order valence-electron chi connectivity index (χ1n) is 6.69. The van der Waals surface area contributed by atoms with Crippen LogP contribution in [0.2, 0.25) is 0 Å². The van der Waals surface area contributed by atoms with Crippen molar-refractivity contribution in [1.82, 2.24) is 9.97 Å². The molecule has 2 aliphatic rings. The lowest BCUT2D eigenvalue weighted by Crippen LogP contribution is -2.38. The van der Waals surface area contributed by atoms with Gasteiger partial charge in [-0.15, -0.1) is 0 Å². The lowest BCUT2D eigenvalue weighted by atomic mass is 10.1. The predicted molar refractivity (Wildman–Crippen MR) is 67.4 cm³/mol. The second-order valence-corrected chi connectivity index (χ2v) is 5.04. The standard InChI is InChI=1S/C13H19N3O2/c17-10-3-1-5-16(8-10)13-7-11(14-9-15-13)12-4-2-6-18-12/h7,9-10,12,17H,1-6,8H2. The molecule has 0 aliphatic carbocycles. The van der Waals surface area contributed by atoms with Gasteiger partial charge in [0, 0.05) is 25.8 Å². The van der Waals surface area contributed by atoms with E-state index in [0.29, 0.717) is 6.54 Å². The summed E-state index contributed by atoms with van der Waals surface area (Å²) in [5, 5.41) is 9.71. The average Bonchev–Trinajstić information content (AvgIpc) is 2.93. The van der Waals surface area contributed by atoms with Gasteiger partial charge in [0.25, 0.3) is 0 Å². The Labute approximate surface area is 107 Å². The number of piperidine rings is 1. The monoisotopic (exact) mass is 249 g/mol. The van der Waals surface area contributed by atoms with Gasteiger partial charge in [0.2, 0.25) is 0 Å². The van der Waals surface area contributed by atoms with Crippen LogP contribution in [-0.2, 0) is 4.74 Å². The van der Waals surface area contributed by atoms with E-state index in [0.717, 1.165) is 50.3 Å². The van der Waals surface area contributed by atoms with Crippen LogP contribution in [0.4, 0.5) is 5.82 Å². The average molecular weight is 249 g/mol. The fraction of sp³-hybridized carbons (Fsp3) is 0.692. The molecule has 0 saturated carbocycles. The molecular formula is C13H19N3O2. The maximum absolute atomic E-state index is 9.71. The van der Waals surface area contributed by atoms with Crippen LogP contribution in [0.3, 0.4) is 0 Å². The zero-order valence-corrected chi connectivity index (χ0v) is 10.5. The molecule has 2 atom stereocenters. The van der Waals surface area contributed by atoms with Crippen molar-refractivity contribution in [3.05, 3.63) is 18.1 Å². The molecule has 5 heteroatoms. The first-order valence-corrected chi connectivity index (χ1v) is 6.69. The van der Waals surface area contributed by atoms with E-state index in [4.69, 9.17) is 4.74 Å². The van der Waals surface area contributed by atoms with Crippen LogP contribution in [0, 0.1) is 0 Å². The summed E-state index contributed by atoms with van der Waals surface area (Å²) in [6.07, 6.45) is 5.54. The molecule has 0 amide bonds. The number of hydrogen-bond acceptors (Lipinski definition) is 5. The molecule has 2 aliphatic heterocycles. The largest absolute Gasteiger partial charge is 0.391 e. The van der Waals surface area contributed by atoms with Gasteiger partial charge in [0.05, 0.1) is 17.9 Å². The number of aromatic nitrogens is 2. The fourth-order valence-electron chi connectivity index (χ4n) is 2.68. The number of hydrogen-bond donors (Lipinski definition) is 1. The van der Waals surface area contributed by atoms with E-state index < -0.39 is 0 Å². The highest BCUT2D eigenvalue weighted by molar-refractivity contribution is 5.40. The number of rotatable bonds is 2. The number of ether oxygens (including phenoxy) is 1. The van der Waals surface area contributed by atoms with Crippen molar-refractivity contribution in [3.8, 4) is 0 Å². The fourth-order valence-corrected chi connectivity index (χ4v) is 2.68. The van der Waals surface area contributed by atoms with E-state index in [-0.39, 0.29) is 12.2 Å². The molecule has 1 aromatic rings. The molecule has 2 fully saturated rings. The van der Waals surface area contributed by atoms with Crippen LogP contribution < -0.4 is 4.90 Å². The lowest BCUT2D eigenvalue weighted by Gasteiger charge is -2.31. The van der Waals surface area contributed by atoms with Crippen LogP contribution in [0.25, 0.3) is 0 Å². The summed E-state index contributed by atoms with van der Waals surface area (Å²) >= 11 is 0. The van der Waals surface area contributed by atoms with Gasteiger partial charge in [-0.1, -0.05) is 0 Å². The highest BCUT2D eigenvalue weighted by Crippen LogP contribution is 2.28. The Morgan fingerprint density at radius 1 is 1.28 bits per heavy atom. The van der Waals surface area contributed by atoms with Crippen molar-refractivity contribution in [2.75, 3.05) is 24.6 Å². The van der Waals surface area contributed by atoms with Crippen molar-refractivity contribution < 1.29 is 9.84 Å². The van der Waals surface area contributed by atoms with Gasteiger partial charge < -0.3 is 14.7 Å². The second kappa shape index (κ2) is 5.20. The minimum Gasteiger partial charge on any atom is -0.391 e. The SMILES string of the molecule is OC1CCCN(c2cc(C3CCCO3)ncn2)C1. The maximum Gasteiger partial charge on any atom is 0.132 e. The van der Waals surface area contributed by atoms with Crippen LogP contribution in [0.15, 0.2) is 12.4 Å². The summed E-state index contributed by atoms with van der Waals surface area (Å²) in [5.74, 6) is 0.911. The van der Waals surface area contributed by atoms with Crippen molar-refractivity contribution in [2.24, 2.45) is 0 Å². The Morgan fingerprint density at radius 2 is 2.22 bits per heavy atom. The molecule has 1 N–H and O–H groups in total. The first-order chi connectivity index (χ1) is 8.83. The van der Waals surface area contributed by atoms with Crippen LogP contribution in [-0.4, -0.2) is 40.9 Å². The van der Waals surface area contributed by atoms with Gasteiger partial charge in [-0.25, -0.2) is 9.97 Å². The molecule has 0 spiro atoms. The Bertz CT molecular complexity index is 407. The van der Waals surface area contributed by atoms with Gasteiger partial charge in [0.1, 0.15) is 12.1 Å². The molecule has 5 nitrogen and oxygen atoms in total. The van der Waals surface area contributed by atoms with E-state index in [2.05, 4.69) is 14.9 Å². The smallest absolute Gasteiger partial charge is 0.132 e. The zero-order chi connectivity index (χ0) is 12.4. The number of aliphatic hydroxyl groups is 1. The van der Waals surface area contributed by atoms with Crippen molar-refractivity contribution in [3.63, 3.8) is 0 Å². The minimum absolute atomic E-state index is 0.126. The molecular weight excluding hydrogens is 230 g/mol. The first kappa shape index (κ1) is 11.9. The maximum atomic E-state index is 9.71. The molecule has 98 valence electrons. The Morgan fingerprint density at radius 3 is 3.00 bits per heavy atom. The molecule has 1 aromatic heterocycles. The van der Waals surface area contributed by atoms with Crippen LogP contribution in [0.5, 0.6) is 0 Å². The number of aliphatic hydroxyl groups excluding tert-OH is 1. The molecule has 3 rings (SSSR count). The molecule has 18 heavy (non-hydrogen) atoms. The predicted octanol–water partition coefficient (Wildman–Crippen LogP) is 1.29. The molecule has 0 bridgehead atoms. The summed E-state index contributed by atoms with van der Waals surface area (Å²) < 4.78 is 5.64. The van der Waals surface area contributed by atoms with Gasteiger partial charge in [0.15, 0.2) is 0 Å². The molecule has 0 radical (unpaired) electrons. The number of β-amino-alcohol motifs (C(OH)–C–C–N with tert-alkyl or cyclic N) is 1. The van der Waals surface area contributed by atoms with Gasteiger partial charge in [-0.05, 0) is 25.7 Å². The summed E-state index contributed by atoms with van der Waals surface area (Å²) in [6.45, 7) is 2.45. The normalized spacial score (nSPS) is 28.6. The van der Waals surface area contributed by atoms with E-state index in [1.165, 1.54) is 0 Å². The zero-order valence-electron chi connectivity index (χ0n) is 10.5. The van der Waals surface area contributed by atoms with Gasteiger partial charge in [-0.2, -0.15) is 0 Å². The van der Waals surface area contributed by atoms with Crippen molar-refractivity contribution >= 4 is 5.82 Å². The van der Waals surface area contributed by atoms with Crippen LogP contribution in [0.1, 0.15) is 37.5 Å². The quantitative estimate of drug-likeness (QED) is 0.856. The number of nitrogens with zero attached hydrogens (tertiary/aromatic N) is 3. The Kier molecular flexibility index (Phi) is 3.43. The van der Waals surface area contributed by atoms with Crippen molar-refractivity contribution in [1.29, 1.82) is 0 Å². The lowest BCUT2D eigenvalue weighted by molar-refractivity contribution is 0.108. The summed E-state index contributed by atoms with van der Waals surface area (Å²) in [6, 6.07) is 2.01.